The van der Waals surface area contributed by atoms with Gasteiger partial charge in [0.1, 0.15) is 16.4 Å². The summed E-state index contributed by atoms with van der Waals surface area (Å²) in [6.45, 7) is 0.168. The first kappa shape index (κ1) is 17.1. The highest BCUT2D eigenvalue weighted by atomic mass is 32.2. The van der Waals surface area contributed by atoms with Crippen molar-refractivity contribution < 1.29 is 27.5 Å². The molecule has 0 aromatic heterocycles. The zero-order valence-electron chi connectivity index (χ0n) is 13.1. The van der Waals surface area contributed by atoms with Crippen molar-refractivity contribution in [1.29, 1.82) is 0 Å². The highest BCUT2D eigenvalue weighted by Crippen LogP contribution is 2.34. The second kappa shape index (κ2) is 6.26. The Morgan fingerprint density at radius 2 is 1.88 bits per heavy atom. The number of nitrogens with zero attached hydrogens (tertiary/aromatic N) is 2. The zero-order chi connectivity index (χ0) is 17.5. The van der Waals surface area contributed by atoms with E-state index >= 15 is 0 Å². The summed E-state index contributed by atoms with van der Waals surface area (Å²) < 4.78 is 37.0. The Labute approximate surface area is 143 Å². The number of rotatable bonds is 5. The van der Waals surface area contributed by atoms with E-state index in [1.165, 1.54) is 30.7 Å². The van der Waals surface area contributed by atoms with Crippen molar-refractivity contribution in [1.82, 2.24) is 9.21 Å². The molecule has 2 amide bonds. The van der Waals surface area contributed by atoms with Crippen molar-refractivity contribution in [2.45, 2.75) is 10.9 Å². The molecule has 0 atom stereocenters. The van der Waals surface area contributed by atoms with Crippen LogP contribution in [0.5, 0.6) is 11.5 Å². The van der Waals surface area contributed by atoms with Crippen LogP contribution in [0.15, 0.2) is 23.1 Å². The minimum absolute atomic E-state index is 0.00347. The van der Waals surface area contributed by atoms with Gasteiger partial charge in [0, 0.05) is 19.2 Å². The van der Waals surface area contributed by atoms with Gasteiger partial charge in [0.15, 0.2) is 0 Å². The van der Waals surface area contributed by atoms with Crippen molar-refractivity contribution in [2.24, 2.45) is 0 Å². The van der Waals surface area contributed by atoms with Crippen LogP contribution in [-0.4, -0.2) is 67.9 Å². The molecule has 1 aromatic carbocycles. The van der Waals surface area contributed by atoms with Gasteiger partial charge in [0.2, 0.25) is 15.9 Å². The average Bonchev–Trinajstić information content (AvgIpc) is 2.85. The fourth-order valence-corrected chi connectivity index (χ4v) is 5.08. The molecular weight excluding hydrogens is 356 g/mol. The van der Waals surface area contributed by atoms with Crippen molar-refractivity contribution in [3.05, 3.63) is 18.2 Å². The van der Waals surface area contributed by atoms with E-state index in [0.717, 1.165) is 16.7 Å². The second-order valence-corrected chi connectivity index (χ2v) is 8.14. The molecule has 24 heavy (non-hydrogen) atoms. The lowest BCUT2D eigenvalue weighted by Crippen LogP contribution is -2.61. The van der Waals surface area contributed by atoms with Gasteiger partial charge in [-0.05, 0) is 12.1 Å². The number of ether oxygens (including phenoxy) is 2. The summed E-state index contributed by atoms with van der Waals surface area (Å²) in [5, 5.41) is -0.319. The summed E-state index contributed by atoms with van der Waals surface area (Å²) in [4.78, 5) is 24.6. The first-order chi connectivity index (χ1) is 11.4. The summed E-state index contributed by atoms with van der Waals surface area (Å²) in [5.41, 5.74) is 0. The van der Waals surface area contributed by atoms with E-state index < -0.39 is 16.1 Å². The molecule has 0 N–H and O–H groups in total. The summed E-state index contributed by atoms with van der Waals surface area (Å²) in [6, 6.07) is 4.11. The van der Waals surface area contributed by atoms with E-state index in [4.69, 9.17) is 9.47 Å². The predicted molar refractivity (Wildman–Crippen MR) is 86.8 cm³/mol. The lowest BCUT2D eigenvalue weighted by Gasteiger charge is -2.41. The molecule has 8 nitrogen and oxygen atoms in total. The Morgan fingerprint density at radius 1 is 1.17 bits per heavy atom. The van der Waals surface area contributed by atoms with Crippen LogP contribution in [0.4, 0.5) is 4.79 Å². The van der Waals surface area contributed by atoms with Gasteiger partial charge in [-0.15, -0.1) is 0 Å². The smallest absolute Gasteiger partial charge is 0.289 e. The van der Waals surface area contributed by atoms with Gasteiger partial charge in [-0.2, -0.15) is 4.31 Å². The van der Waals surface area contributed by atoms with Crippen LogP contribution >= 0.6 is 11.8 Å². The molecule has 1 aromatic rings. The lowest BCUT2D eigenvalue weighted by atomic mass is 10.1. The maximum absolute atomic E-state index is 12.8. The molecule has 3 rings (SSSR count). The highest BCUT2D eigenvalue weighted by Gasteiger charge is 2.46. The molecule has 10 heteroatoms. The van der Waals surface area contributed by atoms with Crippen LogP contribution in [0.3, 0.4) is 0 Å². The van der Waals surface area contributed by atoms with E-state index in [-0.39, 0.29) is 40.6 Å². The Balaban J connectivity index is 1.81. The number of sulfonamides is 1. The number of carbonyl (C=O) groups is 2. The fourth-order valence-electron chi connectivity index (χ4n) is 2.62. The molecule has 0 saturated carbocycles. The molecule has 0 unspecified atom stereocenters. The van der Waals surface area contributed by atoms with E-state index in [9.17, 15) is 18.0 Å². The highest BCUT2D eigenvalue weighted by molar-refractivity contribution is 8.14. The molecule has 0 radical (unpaired) electrons. The molecule has 2 aliphatic heterocycles. The first-order valence-corrected chi connectivity index (χ1v) is 9.52. The van der Waals surface area contributed by atoms with Crippen LogP contribution in [0.1, 0.15) is 0 Å². The summed E-state index contributed by atoms with van der Waals surface area (Å²) in [7, 11) is -0.971. The molecule has 2 aliphatic rings. The number of hydrogen-bond donors (Lipinski definition) is 0. The van der Waals surface area contributed by atoms with Gasteiger partial charge < -0.3 is 9.47 Å². The number of imide groups is 1. The van der Waals surface area contributed by atoms with E-state index in [0.29, 0.717) is 5.75 Å². The molecule has 2 fully saturated rings. The molecule has 130 valence electrons. The number of carbonyl (C=O) groups excluding carboxylic acids is 2. The molecule has 2 heterocycles. The summed E-state index contributed by atoms with van der Waals surface area (Å²) in [5.74, 6) is 0.452. The van der Waals surface area contributed by atoms with E-state index in [1.54, 1.807) is 6.07 Å². The van der Waals surface area contributed by atoms with Crippen molar-refractivity contribution in [3.8, 4) is 11.5 Å². The molecule has 2 saturated heterocycles. The van der Waals surface area contributed by atoms with E-state index in [2.05, 4.69) is 0 Å². The van der Waals surface area contributed by atoms with Gasteiger partial charge >= 0.3 is 0 Å². The number of hydrogen-bond acceptors (Lipinski definition) is 7. The van der Waals surface area contributed by atoms with Crippen LogP contribution in [0, 0.1) is 0 Å². The summed E-state index contributed by atoms with van der Waals surface area (Å²) >= 11 is 0.940. The number of amides is 2. The molecule has 0 spiro atoms. The van der Waals surface area contributed by atoms with Crippen LogP contribution in [0.2, 0.25) is 0 Å². The normalized spacial score (nSPS) is 19.5. The van der Waals surface area contributed by atoms with Gasteiger partial charge in [-0.25, -0.2) is 8.42 Å². The lowest BCUT2D eigenvalue weighted by molar-refractivity contribution is -0.127. The Bertz CT molecular complexity index is 772. The predicted octanol–water partition coefficient (Wildman–Crippen LogP) is 0.772. The monoisotopic (exact) mass is 372 g/mol. The fraction of sp³-hybridized carbons (Fsp3) is 0.429. The van der Waals surface area contributed by atoms with Gasteiger partial charge in [-0.3, -0.25) is 14.5 Å². The first-order valence-electron chi connectivity index (χ1n) is 7.09. The molecular formula is C14H16N2O6S2. The minimum atomic E-state index is -3.80. The van der Waals surface area contributed by atoms with E-state index in [1.807, 2.05) is 0 Å². The quantitative estimate of drug-likeness (QED) is 0.754. The number of thioether (sulfide) groups is 1. The van der Waals surface area contributed by atoms with Crippen molar-refractivity contribution in [3.63, 3.8) is 0 Å². The Hall–Kier alpha value is -1.78. The number of methoxy groups -OCH3 is 2. The number of benzene rings is 1. The van der Waals surface area contributed by atoms with Crippen LogP contribution in [-0.2, 0) is 14.8 Å². The van der Waals surface area contributed by atoms with Crippen molar-refractivity contribution in [2.75, 3.05) is 33.1 Å². The topological polar surface area (TPSA) is 93.2 Å². The summed E-state index contributed by atoms with van der Waals surface area (Å²) in [6.07, 6.45) is 0. The third kappa shape index (κ3) is 2.74. The van der Waals surface area contributed by atoms with Gasteiger partial charge in [0.05, 0.1) is 26.0 Å². The van der Waals surface area contributed by atoms with Crippen LogP contribution < -0.4 is 9.47 Å². The average molecular weight is 372 g/mol. The largest absolute Gasteiger partial charge is 0.497 e. The van der Waals surface area contributed by atoms with Crippen molar-refractivity contribution >= 4 is 32.9 Å². The minimum Gasteiger partial charge on any atom is -0.497 e. The zero-order valence-corrected chi connectivity index (χ0v) is 14.7. The Kier molecular flexibility index (Phi) is 4.45. The molecule has 0 bridgehead atoms. The third-order valence-electron chi connectivity index (χ3n) is 3.97. The molecule has 0 aliphatic carbocycles. The second-order valence-electron chi connectivity index (χ2n) is 5.31. The standard InChI is InChI=1S/C14H16N2O6S2/c1-21-10-3-4-11(22-2)12(5-10)24(19,20)15-6-9(7-15)16-13(17)8-23-14(16)18/h3-5,9H,6-8H2,1-2H3. The maximum atomic E-state index is 12.8. The SMILES string of the molecule is COc1ccc(OC)c(S(=O)(=O)N2CC(N3C(=O)CSC3=O)C2)c1. The van der Waals surface area contributed by atoms with Crippen LogP contribution in [0.25, 0.3) is 0 Å². The van der Waals surface area contributed by atoms with Gasteiger partial charge in [-0.1, -0.05) is 11.8 Å². The Morgan fingerprint density at radius 3 is 2.42 bits per heavy atom. The maximum Gasteiger partial charge on any atom is 0.289 e. The van der Waals surface area contributed by atoms with Gasteiger partial charge in [0.25, 0.3) is 5.24 Å². The third-order valence-corrected chi connectivity index (χ3v) is 6.65.